The molecule has 0 atom stereocenters. The van der Waals surface area contributed by atoms with E-state index in [2.05, 4.69) is 16.9 Å². The van der Waals surface area contributed by atoms with Crippen molar-refractivity contribution >= 4 is 34.5 Å². The average molecular weight is 323 g/mol. The molecule has 21 heavy (non-hydrogen) atoms. The normalized spacial score (nSPS) is 10.7. The summed E-state index contributed by atoms with van der Waals surface area (Å²) < 4.78 is 1.94. The molecule has 0 spiro atoms. The molecule has 0 aliphatic rings. The SMILES string of the molecule is CCn1nc(C)c(Cl)c1CN(C)c1ccc(C(N)=S)cc1. The molecular formula is C15H19ClN4S. The fourth-order valence-corrected chi connectivity index (χ4v) is 2.55. The van der Waals surface area contributed by atoms with Crippen molar-refractivity contribution in [2.24, 2.45) is 5.73 Å². The van der Waals surface area contributed by atoms with Crippen LogP contribution in [0.3, 0.4) is 0 Å². The van der Waals surface area contributed by atoms with E-state index in [0.717, 1.165) is 34.2 Å². The molecular weight excluding hydrogens is 304 g/mol. The molecule has 112 valence electrons. The van der Waals surface area contributed by atoms with Crippen LogP contribution in [0.15, 0.2) is 24.3 Å². The van der Waals surface area contributed by atoms with E-state index in [1.54, 1.807) is 0 Å². The van der Waals surface area contributed by atoms with Crippen molar-refractivity contribution in [3.63, 3.8) is 0 Å². The van der Waals surface area contributed by atoms with Gasteiger partial charge in [0.1, 0.15) is 4.99 Å². The Morgan fingerprint density at radius 1 is 1.38 bits per heavy atom. The zero-order valence-corrected chi connectivity index (χ0v) is 14.0. The number of rotatable bonds is 5. The van der Waals surface area contributed by atoms with Crippen molar-refractivity contribution < 1.29 is 0 Å². The standard InChI is InChI=1S/C15H19ClN4S/c1-4-20-13(14(16)10(2)18-20)9-19(3)12-7-5-11(6-8-12)15(17)21/h5-8H,4,9H2,1-3H3,(H2,17,21). The number of thiocarbonyl (C=S) groups is 1. The number of benzene rings is 1. The summed E-state index contributed by atoms with van der Waals surface area (Å²) in [6.45, 7) is 5.48. The Bertz CT molecular complexity index is 648. The largest absolute Gasteiger partial charge is 0.389 e. The van der Waals surface area contributed by atoms with Crippen LogP contribution in [0.2, 0.25) is 5.02 Å². The number of nitrogens with zero attached hydrogens (tertiary/aromatic N) is 3. The highest BCUT2D eigenvalue weighted by atomic mass is 35.5. The molecule has 0 aliphatic heterocycles. The number of hydrogen-bond acceptors (Lipinski definition) is 3. The van der Waals surface area contributed by atoms with Crippen LogP contribution in [0.4, 0.5) is 5.69 Å². The minimum absolute atomic E-state index is 0.409. The van der Waals surface area contributed by atoms with Gasteiger partial charge in [0.2, 0.25) is 0 Å². The van der Waals surface area contributed by atoms with E-state index in [-0.39, 0.29) is 0 Å². The van der Waals surface area contributed by atoms with Crippen LogP contribution < -0.4 is 10.6 Å². The van der Waals surface area contributed by atoms with E-state index in [1.807, 2.05) is 42.9 Å². The second-order valence-electron chi connectivity index (χ2n) is 4.93. The van der Waals surface area contributed by atoms with E-state index in [0.29, 0.717) is 11.5 Å². The van der Waals surface area contributed by atoms with Crippen LogP contribution in [-0.2, 0) is 13.1 Å². The van der Waals surface area contributed by atoms with Gasteiger partial charge in [0.05, 0.1) is 23.0 Å². The highest BCUT2D eigenvalue weighted by molar-refractivity contribution is 7.80. The molecule has 0 bridgehead atoms. The van der Waals surface area contributed by atoms with Gasteiger partial charge in [-0.25, -0.2) is 0 Å². The van der Waals surface area contributed by atoms with Gasteiger partial charge in [-0.05, 0) is 38.1 Å². The summed E-state index contributed by atoms with van der Waals surface area (Å²) in [7, 11) is 2.02. The van der Waals surface area contributed by atoms with Crippen molar-refractivity contribution in [3.8, 4) is 0 Å². The molecule has 2 rings (SSSR count). The smallest absolute Gasteiger partial charge is 0.103 e. The van der Waals surface area contributed by atoms with E-state index < -0.39 is 0 Å². The Balaban J connectivity index is 2.21. The molecule has 6 heteroatoms. The minimum atomic E-state index is 0.409. The van der Waals surface area contributed by atoms with E-state index >= 15 is 0 Å². The molecule has 4 nitrogen and oxygen atoms in total. The Morgan fingerprint density at radius 3 is 2.52 bits per heavy atom. The van der Waals surface area contributed by atoms with Gasteiger partial charge in [-0.3, -0.25) is 4.68 Å². The predicted molar refractivity (Wildman–Crippen MR) is 92.1 cm³/mol. The minimum Gasteiger partial charge on any atom is -0.389 e. The van der Waals surface area contributed by atoms with Crippen LogP contribution in [0.25, 0.3) is 0 Å². The second kappa shape index (κ2) is 6.45. The van der Waals surface area contributed by atoms with Gasteiger partial charge in [0, 0.05) is 24.8 Å². The lowest BCUT2D eigenvalue weighted by Gasteiger charge is -2.20. The third-order valence-electron chi connectivity index (χ3n) is 3.43. The van der Waals surface area contributed by atoms with E-state index in [4.69, 9.17) is 29.6 Å². The van der Waals surface area contributed by atoms with Crippen molar-refractivity contribution in [3.05, 3.63) is 46.2 Å². The predicted octanol–water partition coefficient (Wildman–Crippen LogP) is 3.14. The third kappa shape index (κ3) is 3.36. The molecule has 2 aromatic rings. The molecule has 0 radical (unpaired) electrons. The lowest BCUT2D eigenvalue weighted by atomic mass is 10.2. The highest BCUT2D eigenvalue weighted by Gasteiger charge is 2.14. The molecule has 1 aromatic heterocycles. The number of hydrogen-bond donors (Lipinski definition) is 1. The maximum atomic E-state index is 6.35. The molecule has 1 aromatic carbocycles. The molecule has 0 saturated carbocycles. The second-order valence-corrected chi connectivity index (χ2v) is 5.75. The number of aryl methyl sites for hydroxylation is 2. The Hall–Kier alpha value is -1.59. The van der Waals surface area contributed by atoms with Crippen LogP contribution in [0.1, 0.15) is 23.9 Å². The van der Waals surface area contributed by atoms with Gasteiger partial charge in [-0.15, -0.1) is 0 Å². The van der Waals surface area contributed by atoms with Gasteiger partial charge in [0.15, 0.2) is 0 Å². The summed E-state index contributed by atoms with van der Waals surface area (Å²) in [5.74, 6) is 0. The molecule has 0 unspecified atom stereocenters. The van der Waals surface area contributed by atoms with E-state index in [1.165, 1.54) is 0 Å². The lowest BCUT2D eigenvalue weighted by molar-refractivity contribution is 0.613. The molecule has 0 saturated heterocycles. The first-order valence-corrected chi connectivity index (χ1v) is 7.55. The summed E-state index contributed by atoms with van der Waals surface area (Å²) in [5, 5.41) is 5.18. The Labute approximate surface area is 135 Å². The average Bonchev–Trinajstić information content (AvgIpc) is 2.75. The molecule has 0 amide bonds. The van der Waals surface area contributed by atoms with Crippen molar-refractivity contribution in [2.75, 3.05) is 11.9 Å². The van der Waals surface area contributed by atoms with Crippen LogP contribution >= 0.6 is 23.8 Å². The molecule has 2 N–H and O–H groups in total. The van der Waals surface area contributed by atoms with Gasteiger partial charge in [-0.2, -0.15) is 5.10 Å². The quantitative estimate of drug-likeness (QED) is 0.859. The van der Waals surface area contributed by atoms with Gasteiger partial charge >= 0.3 is 0 Å². The number of anilines is 1. The van der Waals surface area contributed by atoms with Gasteiger partial charge < -0.3 is 10.6 Å². The van der Waals surface area contributed by atoms with Crippen LogP contribution in [0, 0.1) is 6.92 Å². The van der Waals surface area contributed by atoms with Crippen molar-refractivity contribution in [1.29, 1.82) is 0 Å². The summed E-state index contributed by atoms with van der Waals surface area (Å²) in [4.78, 5) is 2.53. The van der Waals surface area contributed by atoms with Crippen LogP contribution in [-0.4, -0.2) is 21.8 Å². The first-order valence-electron chi connectivity index (χ1n) is 6.76. The summed E-state index contributed by atoms with van der Waals surface area (Å²) in [6.07, 6.45) is 0. The number of halogens is 1. The fraction of sp³-hybridized carbons (Fsp3) is 0.333. The molecule has 0 aliphatic carbocycles. The summed E-state index contributed by atoms with van der Waals surface area (Å²) >= 11 is 11.3. The Morgan fingerprint density at radius 2 is 2.00 bits per heavy atom. The van der Waals surface area contributed by atoms with Crippen LogP contribution in [0.5, 0.6) is 0 Å². The third-order valence-corrected chi connectivity index (χ3v) is 4.16. The maximum Gasteiger partial charge on any atom is 0.103 e. The van der Waals surface area contributed by atoms with Crippen molar-refractivity contribution in [2.45, 2.75) is 26.9 Å². The van der Waals surface area contributed by atoms with Gasteiger partial charge in [-0.1, -0.05) is 23.8 Å². The molecule has 0 fully saturated rings. The summed E-state index contributed by atoms with van der Waals surface area (Å²) in [6, 6.07) is 7.86. The topological polar surface area (TPSA) is 47.1 Å². The number of aromatic nitrogens is 2. The first kappa shape index (κ1) is 15.8. The zero-order chi connectivity index (χ0) is 15.6. The zero-order valence-electron chi connectivity index (χ0n) is 12.4. The maximum absolute atomic E-state index is 6.35. The first-order chi connectivity index (χ1) is 9.93. The summed E-state index contributed by atoms with van der Waals surface area (Å²) in [5.41, 5.74) is 9.45. The molecule has 1 heterocycles. The van der Waals surface area contributed by atoms with E-state index in [9.17, 15) is 0 Å². The lowest BCUT2D eigenvalue weighted by Crippen LogP contribution is -2.19. The monoisotopic (exact) mass is 322 g/mol. The highest BCUT2D eigenvalue weighted by Crippen LogP contribution is 2.24. The van der Waals surface area contributed by atoms with Gasteiger partial charge in [0.25, 0.3) is 0 Å². The fourth-order valence-electron chi connectivity index (χ4n) is 2.22. The van der Waals surface area contributed by atoms with Crippen molar-refractivity contribution in [1.82, 2.24) is 9.78 Å². The number of nitrogens with two attached hydrogens (primary N) is 1. The Kier molecular flexibility index (Phi) is 4.85.